The van der Waals surface area contributed by atoms with Gasteiger partial charge in [0.25, 0.3) is 0 Å². The monoisotopic (exact) mass is 383 g/mol. The molecular weight excluding hydrogens is 354 g/mol. The molecule has 2 heteroatoms. The molecule has 148 valence electrons. The number of Topliss-reactive ketones (excluding diaryl/α,β-unsaturated/α-hetero) is 1. The molecule has 2 aromatic rings. The quantitative estimate of drug-likeness (QED) is 0.628. The number of benzene rings is 2. The van der Waals surface area contributed by atoms with Crippen LogP contribution in [0.3, 0.4) is 0 Å². The molecular formula is C27H29NO. The Balaban J connectivity index is 1.78. The van der Waals surface area contributed by atoms with Crippen LogP contribution in [0.2, 0.25) is 0 Å². The predicted octanol–water partition coefficient (Wildman–Crippen LogP) is 5.76. The topological polar surface area (TPSA) is 20.3 Å². The first-order valence-electron chi connectivity index (χ1n) is 10.9. The van der Waals surface area contributed by atoms with Gasteiger partial charge in [0.05, 0.1) is 11.5 Å². The molecule has 0 aliphatic heterocycles. The first-order valence-corrected chi connectivity index (χ1v) is 10.9. The lowest BCUT2D eigenvalue weighted by molar-refractivity contribution is -0.117. The Labute approximate surface area is 173 Å². The fraction of sp³-hybridized carbons (Fsp3) is 0.370. The molecule has 0 aromatic heterocycles. The van der Waals surface area contributed by atoms with E-state index in [0.29, 0.717) is 5.78 Å². The van der Waals surface area contributed by atoms with Crippen molar-refractivity contribution < 1.29 is 4.79 Å². The molecule has 2 atom stereocenters. The molecule has 0 spiro atoms. The Kier molecular flexibility index (Phi) is 4.55. The van der Waals surface area contributed by atoms with E-state index in [-0.39, 0.29) is 11.5 Å². The van der Waals surface area contributed by atoms with Crippen LogP contribution >= 0.6 is 0 Å². The highest BCUT2D eigenvalue weighted by Gasteiger charge is 2.60. The molecule has 0 radical (unpaired) electrons. The van der Waals surface area contributed by atoms with Crippen molar-refractivity contribution in [2.45, 2.75) is 44.1 Å². The summed E-state index contributed by atoms with van der Waals surface area (Å²) in [5.41, 5.74) is 7.18. The van der Waals surface area contributed by atoms with Gasteiger partial charge in [-0.25, -0.2) is 0 Å². The van der Waals surface area contributed by atoms with Crippen molar-refractivity contribution in [1.29, 1.82) is 0 Å². The Morgan fingerprint density at radius 1 is 0.828 bits per heavy atom. The van der Waals surface area contributed by atoms with Crippen LogP contribution in [-0.4, -0.2) is 30.3 Å². The zero-order valence-electron chi connectivity index (χ0n) is 17.4. The summed E-state index contributed by atoms with van der Waals surface area (Å²) in [4.78, 5) is 16.5. The van der Waals surface area contributed by atoms with Gasteiger partial charge < -0.3 is 0 Å². The molecule has 0 amide bonds. The van der Waals surface area contributed by atoms with Gasteiger partial charge in [0.15, 0.2) is 5.78 Å². The summed E-state index contributed by atoms with van der Waals surface area (Å²) in [6.07, 6.45) is 7.01. The second-order valence-electron chi connectivity index (χ2n) is 8.96. The molecule has 0 fully saturated rings. The van der Waals surface area contributed by atoms with Crippen molar-refractivity contribution in [3.05, 3.63) is 82.9 Å². The molecule has 2 aromatic carbocycles. The molecule has 0 heterocycles. The van der Waals surface area contributed by atoms with Crippen molar-refractivity contribution in [3.8, 4) is 0 Å². The molecule has 0 unspecified atom stereocenters. The van der Waals surface area contributed by atoms with Gasteiger partial charge in [-0.15, -0.1) is 0 Å². The lowest BCUT2D eigenvalue weighted by Gasteiger charge is -2.40. The van der Waals surface area contributed by atoms with E-state index < -0.39 is 0 Å². The van der Waals surface area contributed by atoms with E-state index in [1.165, 1.54) is 36.0 Å². The molecule has 3 aliphatic rings. The SMILES string of the molecule is CN(C)[C@@]12CC3=C(CCCCC3)[C@@H]1C(=O)C(c1ccccc1)=C2c1ccccc1. The van der Waals surface area contributed by atoms with E-state index in [1.807, 2.05) is 18.2 Å². The molecule has 0 saturated carbocycles. The summed E-state index contributed by atoms with van der Waals surface area (Å²) >= 11 is 0. The summed E-state index contributed by atoms with van der Waals surface area (Å²) in [7, 11) is 4.34. The first kappa shape index (κ1) is 18.6. The summed E-state index contributed by atoms with van der Waals surface area (Å²) in [6, 6.07) is 20.9. The van der Waals surface area contributed by atoms with E-state index >= 15 is 0 Å². The minimum absolute atomic E-state index is 0.0315. The lowest BCUT2D eigenvalue weighted by Crippen LogP contribution is -2.48. The number of hydrogen-bond acceptors (Lipinski definition) is 2. The molecule has 2 nitrogen and oxygen atoms in total. The van der Waals surface area contributed by atoms with Crippen molar-refractivity contribution in [2.75, 3.05) is 14.1 Å². The molecule has 0 bridgehead atoms. The summed E-state index contributed by atoms with van der Waals surface area (Å²) in [6.45, 7) is 0. The number of rotatable bonds is 3. The number of hydrogen-bond donors (Lipinski definition) is 0. The normalized spacial score (nSPS) is 26.7. The highest BCUT2D eigenvalue weighted by atomic mass is 16.1. The van der Waals surface area contributed by atoms with E-state index in [4.69, 9.17) is 0 Å². The van der Waals surface area contributed by atoms with Crippen molar-refractivity contribution in [1.82, 2.24) is 4.90 Å². The maximum absolute atomic E-state index is 14.1. The van der Waals surface area contributed by atoms with Gasteiger partial charge in [-0.05, 0) is 62.9 Å². The van der Waals surface area contributed by atoms with Crippen LogP contribution in [0.5, 0.6) is 0 Å². The van der Waals surface area contributed by atoms with E-state index in [2.05, 4.69) is 61.5 Å². The molecule has 5 rings (SSSR count). The minimum Gasteiger partial charge on any atom is -0.298 e. The smallest absolute Gasteiger partial charge is 0.173 e. The average molecular weight is 384 g/mol. The van der Waals surface area contributed by atoms with Crippen molar-refractivity contribution >= 4 is 16.9 Å². The van der Waals surface area contributed by atoms with Gasteiger partial charge in [-0.2, -0.15) is 0 Å². The van der Waals surface area contributed by atoms with Gasteiger partial charge in [-0.1, -0.05) is 78.2 Å². The van der Waals surface area contributed by atoms with Crippen LogP contribution in [0.25, 0.3) is 11.1 Å². The summed E-state index contributed by atoms with van der Waals surface area (Å²) in [5.74, 6) is 0.298. The third-order valence-electron chi connectivity index (χ3n) is 7.30. The van der Waals surface area contributed by atoms with Crippen LogP contribution in [0.15, 0.2) is 71.8 Å². The number of nitrogens with zero attached hydrogens (tertiary/aromatic N) is 1. The maximum atomic E-state index is 14.1. The molecule has 0 N–H and O–H groups in total. The Morgan fingerprint density at radius 2 is 1.45 bits per heavy atom. The zero-order chi connectivity index (χ0) is 20.0. The Hall–Kier alpha value is -2.45. The van der Waals surface area contributed by atoms with Crippen molar-refractivity contribution in [2.24, 2.45) is 5.92 Å². The number of allylic oxidation sites excluding steroid dienone is 1. The number of carbonyl (C=O) groups excluding carboxylic acids is 1. The van der Waals surface area contributed by atoms with Crippen LogP contribution in [0.1, 0.15) is 49.7 Å². The maximum Gasteiger partial charge on any atom is 0.173 e. The van der Waals surface area contributed by atoms with Gasteiger partial charge in [0.1, 0.15) is 0 Å². The average Bonchev–Trinajstić information content (AvgIpc) is 3.09. The largest absolute Gasteiger partial charge is 0.298 e. The number of carbonyl (C=O) groups is 1. The number of likely N-dealkylation sites (N-methyl/N-ethyl adjacent to an activating group) is 1. The van der Waals surface area contributed by atoms with Crippen LogP contribution < -0.4 is 0 Å². The first-order chi connectivity index (χ1) is 14.1. The van der Waals surface area contributed by atoms with Gasteiger partial charge in [0.2, 0.25) is 0 Å². The van der Waals surface area contributed by atoms with Gasteiger partial charge >= 0.3 is 0 Å². The third kappa shape index (κ3) is 2.69. The highest BCUT2D eigenvalue weighted by molar-refractivity contribution is 6.35. The van der Waals surface area contributed by atoms with Crippen LogP contribution in [0, 0.1) is 5.92 Å². The van der Waals surface area contributed by atoms with E-state index in [1.54, 1.807) is 5.57 Å². The second-order valence-corrected chi connectivity index (χ2v) is 8.96. The van der Waals surface area contributed by atoms with E-state index in [9.17, 15) is 4.79 Å². The third-order valence-corrected chi connectivity index (χ3v) is 7.30. The fourth-order valence-corrected chi connectivity index (χ4v) is 6.06. The Bertz CT molecular complexity index is 999. The lowest BCUT2D eigenvalue weighted by atomic mass is 9.77. The zero-order valence-corrected chi connectivity index (χ0v) is 17.4. The van der Waals surface area contributed by atoms with Crippen LogP contribution in [0.4, 0.5) is 0 Å². The van der Waals surface area contributed by atoms with Crippen LogP contribution in [-0.2, 0) is 4.79 Å². The van der Waals surface area contributed by atoms with Crippen molar-refractivity contribution in [3.63, 3.8) is 0 Å². The molecule has 3 aliphatic carbocycles. The molecule has 0 saturated heterocycles. The number of ketones is 1. The summed E-state index contributed by atoms with van der Waals surface area (Å²) < 4.78 is 0. The predicted molar refractivity (Wildman–Crippen MR) is 119 cm³/mol. The van der Waals surface area contributed by atoms with E-state index in [0.717, 1.165) is 30.4 Å². The number of fused-ring (bicyclic) bond motifs is 2. The standard InChI is InChI=1S/C27H29NO/c1-28(2)27-18-21-16-10-5-11-17-22(21)25(27)26(29)23(19-12-6-3-7-13-19)24(27)20-14-8-4-9-15-20/h3-4,6-9,12-15,25H,5,10-11,16-18H2,1-2H3/t25-,27-/m1/s1. The molecule has 29 heavy (non-hydrogen) atoms. The summed E-state index contributed by atoms with van der Waals surface area (Å²) in [5, 5.41) is 0. The fourth-order valence-electron chi connectivity index (χ4n) is 6.06. The minimum atomic E-state index is -0.258. The highest BCUT2D eigenvalue weighted by Crippen LogP contribution is 2.61. The Morgan fingerprint density at radius 3 is 2.10 bits per heavy atom. The second kappa shape index (κ2) is 7.11. The van der Waals surface area contributed by atoms with Gasteiger partial charge in [0, 0.05) is 5.57 Å². The van der Waals surface area contributed by atoms with Gasteiger partial charge in [-0.3, -0.25) is 9.69 Å².